The monoisotopic (exact) mass is 358 g/mol. The number of anilines is 1. The average Bonchev–Trinajstić information content (AvgIpc) is 2.93. The van der Waals surface area contributed by atoms with Gasteiger partial charge in [0.05, 0.1) is 0 Å². The van der Waals surface area contributed by atoms with Gasteiger partial charge in [0.1, 0.15) is 12.0 Å². The number of carbonyl (C=O) groups is 3. The summed E-state index contributed by atoms with van der Waals surface area (Å²) in [6.45, 7) is 0.00371. The number of hydrogen-bond donors (Lipinski definition) is 2. The van der Waals surface area contributed by atoms with Crippen molar-refractivity contribution in [3.63, 3.8) is 0 Å². The Kier molecular flexibility index (Phi) is 4.72. The highest BCUT2D eigenvalue weighted by atomic mass is 35.5. The molecule has 1 aliphatic rings. The molecule has 0 saturated carbocycles. The molecule has 7 heteroatoms. The van der Waals surface area contributed by atoms with Crippen LogP contribution in [0.5, 0.6) is 0 Å². The summed E-state index contributed by atoms with van der Waals surface area (Å²) >= 11 is 5.79. The molecule has 2 amide bonds. The Morgan fingerprint density at radius 1 is 1.08 bits per heavy atom. The van der Waals surface area contributed by atoms with E-state index in [1.807, 2.05) is 0 Å². The first kappa shape index (κ1) is 17.0. The minimum atomic E-state index is -1.13. The van der Waals surface area contributed by atoms with Gasteiger partial charge in [-0.05, 0) is 36.4 Å². The molecule has 2 atom stereocenters. The number of halogens is 1. The van der Waals surface area contributed by atoms with E-state index < -0.39 is 29.7 Å². The summed E-state index contributed by atoms with van der Waals surface area (Å²) in [6.07, 6.45) is 0. The molecule has 3 rings (SSSR count). The average molecular weight is 359 g/mol. The summed E-state index contributed by atoms with van der Waals surface area (Å²) in [4.78, 5) is 37.9. The normalized spacial score (nSPS) is 19.7. The van der Waals surface area contributed by atoms with E-state index >= 15 is 0 Å². The van der Waals surface area contributed by atoms with Crippen molar-refractivity contribution >= 4 is 35.1 Å². The first-order valence-electron chi connectivity index (χ1n) is 7.63. The minimum absolute atomic E-state index is 0.00371. The van der Waals surface area contributed by atoms with E-state index in [2.05, 4.69) is 5.32 Å². The molecule has 25 heavy (non-hydrogen) atoms. The number of carboxylic acid groups (broad SMARTS) is 1. The predicted octanol–water partition coefficient (Wildman–Crippen LogP) is 2.19. The van der Waals surface area contributed by atoms with Crippen LogP contribution in [0.25, 0.3) is 0 Å². The van der Waals surface area contributed by atoms with E-state index in [0.717, 1.165) is 0 Å². The number of rotatable bonds is 4. The summed E-state index contributed by atoms with van der Waals surface area (Å²) in [7, 11) is 0. The van der Waals surface area contributed by atoms with E-state index in [1.165, 1.54) is 17.0 Å². The van der Waals surface area contributed by atoms with Crippen LogP contribution in [0.4, 0.5) is 5.69 Å². The fourth-order valence-electron chi connectivity index (χ4n) is 2.78. The topological polar surface area (TPSA) is 86.7 Å². The standard InChI is InChI=1S/C18H15ClN2O4/c19-12-8-6-11(7-9-12)16(22)20-15-14(18(24)25)10-21(17(15)23)13-4-2-1-3-5-13/h1-9,14-15H,10H2,(H,20,22)(H,24,25)/t14-,15-/m1/s1. The lowest BCUT2D eigenvalue weighted by Crippen LogP contribution is -2.46. The highest BCUT2D eigenvalue weighted by Crippen LogP contribution is 2.26. The summed E-state index contributed by atoms with van der Waals surface area (Å²) < 4.78 is 0. The maximum atomic E-state index is 12.7. The number of aliphatic carboxylic acids is 1. The van der Waals surface area contributed by atoms with Gasteiger partial charge in [0.25, 0.3) is 11.8 Å². The quantitative estimate of drug-likeness (QED) is 0.877. The summed E-state index contributed by atoms with van der Waals surface area (Å²) in [5.74, 6) is -3.12. The Labute approximate surface area is 149 Å². The van der Waals surface area contributed by atoms with Crippen LogP contribution in [0, 0.1) is 5.92 Å². The number of carbonyl (C=O) groups excluding carboxylic acids is 2. The second-order valence-corrected chi connectivity index (χ2v) is 6.12. The Bertz CT molecular complexity index is 808. The molecular weight excluding hydrogens is 344 g/mol. The van der Waals surface area contributed by atoms with Crippen molar-refractivity contribution in [3.05, 3.63) is 65.2 Å². The number of hydrogen-bond acceptors (Lipinski definition) is 3. The lowest BCUT2D eigenvalue weighted by molar-refractivity contribution is -0.142. The Balaban J connectivity index is 1.83. The number of carboxylic acids is 1. The highest BCUT2D eigenvalue weighted by molar-refractivity contribution is 6.30. The lowest BCUT2D eigenvalue weighted by atomic mass is 10.0. The van der Waals surface area contributed by atoms with Gasteiger partial charge in [0.15, 0.2) is 0 Å². The number of nitrogens with one attached hydrogen (secondary N) is 1. The van der Waals surface area contributed by atoms with Crippen LogP contribution in [0.1, 0.15) is 10.4 Å². The van der Waals surface area contributed by atoms with Gasteiger partial charge in [-0.1, -0.05) is 29.8 Å². The van der Waals surface area contributed by atoms with Crippen molar-refractivity contribution in [1.82, 2.24) is 5.32 Å². The van der Waals surface area contributed by atoms with Crippen molar-refractivity contribution in [1.29, 1.82) is 0 Å². The second-order valence-electron chi connectivity index (χ2n) is 5.69. The minimum Gasteiger partial charge on any atom is -0.481 e. The molecule has 1 heterocycles. The van der Waals surface area contributed by atoms with Crippen LogP contribution < -0.4 is 10.2 Å². The van der Waals surface area contributed by atoms with Gasteiger partial charge in [-0.15, -0.1) is 0 Å². The molecule has 1 fully saturated rings. The van der Waals surface area contributed by atoms with E-state index in [4.69, 9.17) is 11.6 Å². The molecule has 128 valence electrons. The van der Waals surface area contributed by atoms with Crippen molar-refractivity contribution in [2.24, 2.45) is 5.92 Å². The Morgan fingerprint density at radius 2 is 1.72 bits per heavy atom. The zero-order valence-electron chi connectivity index (χ0n) is 13.1. The highest BCUT2D eigenvalue weighted by Gasteiger charge is 2.45. The van der Waals surface area contributed by atoms with Gasteiger partial charge < -0.3 is 15.3 Å². The van der Waals surface area contributed by atoms with Crippen LogP contribution in [0.2, 0.25) is 5.02 Å². The van der Waals surface area contributed by atoms with Gasteiger partial charge in [-0.3, -0.25) is 14.4 Å². The number of amides is 2. The molecule has 2 aromatic carbocycles. The third-order valence-electron chi connectivity index (χ3n) is 4.09. The van der Waals surface area contributed by atoms with Gasteiger partial charge in [0, 0.05) is 22.8 Å². The van der Waals surface area contributed by atoms with Crippen LogP contribution in [-0.2, 0) is 9.59 Å². The lowest BCUT2D eigenvalue weighted by Gasteiger charge is -2.17. The molecule has 0 unspecified atom stereocenters. The summed E-state index contributed by atoms with van der Waals surface area (Å²) in [5, 5.41) is 12.5. The van der Waals surface area contributed by atoms with Crippen molar-refractivity contribution < 1.29 is 19.5 Å². The molecular formula is C18H15ClN2O4. The fraction of sp³-hybridized carbons (Fsp3) is 0.167. The molecule has 1 aliphatic heterocycles. The first-order valence-corrected chi connectivity index (χ1v) is 8.01. The van der Waals surface area contributed by atoms with Crippen molar-refractivity contribution in [3.8, 4) is 0 Å². The zero-order chi connectivity index (χ0) is 18.0. The van der Waals surface area contributed by atoms with E-state index in [-0.39, 0.29) is 6.54 Å². The van der Waals surface area contributed by atoms with Crippen LogP contribution in [-0.4, -0.2) is 35.5 Å². The third-order valence-corrected chi connectivity index (χ3v) is 4.34. The first-order chi connectivity index (χ1) is 12.0. The SMILES string of the molecule is O=C(N[C@H]1C(=O)N(c2ccccc2)C[C@H]1C(=O)O)c1ccc(Cl)cc1. The number of para-hydroxylation sites is 1. The molecule has 0 aliphatic carbocycles. The van der Waals surface area contributed by atoms with Crippen molar-refractivity contribution in [2.75, 3.05) is 11.4 Å². The molecule has 0 bridgehead atoms. The largest absolute Gasteiger partial charge is 0.481 e. The van der Waals surface area contributed by atoms with E-state index in [1.54, 1.807) is 42.5 Å². The predicted molar refractivity (Wildman–Crippen MR) is 92.6 cm³/mol. The molecule has 2 N–H and O–H groups in total. The zero-order valence-corrected chi connectivity index (χ0v) is 13.8. The fourth-order valence-corrected chi connectivity index (χ4v) is 2.91. The second kappa shape index (κ2) is 6.94. The maximum absolute atomic E-state index is 12.7. The molecule has 1 saturated heterocycles. The number of benzene rings is 2. The Morgan fingerprint density at radius 3 is 2.32 bits per heavy atom. The molecule has 6 nitrogen and oxygen atoms in total. The van der Waals surface area contributed by atoms with E-state index in [0.29, 0.717) is 16.3 Å². The van der Waals surface area contributed by atoms with Gasteiger partial charge >= 0.3 is 5.97 Å². The van der Waals surface area contributed by atoms with Crippen LogP contribution in [0.15, 0.2) is 54.6 Å². The molecule has 0 spiro atoms. The van der Waals surface area contributed by atoms with Crippen LogP contribution in [0.3, 0.4) is 0 Å². The smallest absolute Gasteiger partial charge is 0.310 e. The van der Waals surface area contributed by atoms with E-state index in [9.17, 15) is 19.5 Å². The molecule has 0 aromatic heterocycles. The number of nitrogens with zero attached hydrogens (tertiary/aromatic N) is 1. The molecule has 0 radical (unpaired) electrons. The van der Waals surface area contributed by atoms with Gasteiger partial charge in [-0.2, -0.15) is 0 Å². The maximum Gasteiger partial charge on any atom is 0.310 e. The summed E-state index contributed by atoms with van der Waals surface area (Å²) in [5.41, 5.74) is 0.904. The Hall–Kier alpha value is -2.86. The van der Waals surface area contributed by atoms with Crippen molar-refractivity contribution in [2.45, 2.75) is 6.04 Å². The van der Waals surface area contributed by atoms with Gasteiger partial charge in [-0.25, -0.2) is 0 Å². The third kappa shape index (κ3) is 3.49. The van der Waals surface area contributed by atoms with Gasteiger partial charge in [0.2, 0.25) is 0 Å². The summed E-state index contributed by atoms with van der Waals surface area (Å²) in [6, 6.07) is 13.8. The van der Waals surface area contributed by atoms with Crippen LogP contribution >= 0.6 is 11.6 Å². The molecule has 2 aromatic rings.